The van der Waals surface area contributed by atoms with Crippen LogP contribution < -0.4 is 0 Å². The van der Waals surface area contributed by atoms with Crippen molar-refractivity contribution in [2.24, 2.45) is 29.6 Å². The average Bonchev–Trinajstić information content (AvgIpc) is 3.59. The number of alkyl halides is 2. The number of esters is 4. The fourth-order valence-corrected chi connectivity index (χ4v) is 7.51. The first-order valence-electron chi connectivity index (χ1n) is 13.2. The highest BCUT2D eigenvalue weighted by Crippen LogP contribution is 2.65. The minimum absolute atomic E-state index is 0.0728. The van der Waals surface area contributed by atoms with Crippen molar-refractivity contribution in [2.45, 2.75) is 101 Å². The third kappa shape index (κ3) is 5.50. The molecule has 0 aromatic rings. The summed E-state index contributed by atoms with van der Waals surface area (Å²) in [6, 6.07) is 0. The van der Waals surface area contributed by atoms with Crippen molar-refractivity contribution in [3.63, 3.8) is 0 Å². The quantitative estimate of drug-likeness (QED) is 0.230. The predicted octanol–water partition coefficient (Wildman–Crippen LogP) is 2.80. The van der Waals surface area contributed by atoms with Crippen LogP contribution in [0.25, 0.3) is 0 Å². The molecular formula is C25H34F2O11S. The lowest BCUT2D eigenvalue weighted by Gasteiger charge is -2.45. The van der Waals surface area contributed by atoms with Crippen LogP contribution in [-0.4, -0.2) is 66.0 Å². The second-order valence-electron chi connectivity index (χ2n) is 11.4. The summed E-state index contributed by atoms with van der Waals surface area (Å²) in [5, 5.41) is -4.74. The van der Waals surface area contributed by atoms with E-state index in [1.807, 2.05) is 13.8 Å². The number of carbonyl (C=O) groups is 4. The molecule has 39 heavy (non-hydrogen) atoms. The summed E-state index contributed by atoms with van der Waals surface area (Å²) in [4.78, 5) is 49.3. The molecule has 8 atom stereocenters. The zero-order chi connectivity index (χ0) is 28.9. The molecule has 1 N–H and O–H groups in total. The molecule has 4 fully saturated rings. The summed E-state index contributed by atoms with van der Waals surface area (Å²) in [5.41, 5.74) is -0.627. The molecule has 4 rings (SSSR count). The van der Waals surface area contributed by atoms with Gasteiger partial charge in [-0.3, -0.25) is 14.1 Å². The minimum Gasteiger partial charge on any atom is -0.456 e. The first kappa shape index (κ1) is 29.6. The predicted molar refractivity (Wildman–Crippen MR) is 126 cm³/mol. The van der Waals surface area contributed by atoms with E-state index in [1.165, 1.54) is 12.8 Å². The van der Waals surface area contributed by atoms with Crippen molar-refractivity contribution in [2.75, 3.05) is 0 Å². The maximum atomic E-state index is 13.5. The molecule has 3 saturated carbocycles. The van der Waals surface area contributed by atoms with Crippen molar-refractivity contribution < 1.29 is 59.9 Å². The van der Waals surface area contributed by atoms with Crippen LogP contribution in [0.4, 0.5) is 8.78 Å². The molecule has 11 nitrogen and oxygen atoms in total. The normalized spacial score (nSPS) is 34.5. The van der Waals surface area contributed by atoms with Gasteiger partial charge in [0.05, 0.1) is 12.8 Å². The fraction of sp³-hybridized carbons (Fsp3) is 0.840. The van der Waals surface area contributed by atoms with Crippen LogP contribution in [0.3, 0.4) is 0 Å². The molecule has 0 spiro atoms. The number of carbonyl (C=O) groups excluding carboxylic acids is 4. The van der Waals surface area contributed by atoms with Crippen LogP contribution in [-0.2, 0) is 48.2 Å². The molecule has 1 heterocycles. The maximum Gasteiger partial charge on any atom is 0.405 e. The van der Waals surface area contributed by atoms with Gasteiger partial charge in [0, 0.05) is 12.3 Å². The Bertz CT molecular complexity index is 1120. The Hall–Kier alpha value is -2.35. The Morgan fingerprint density at radius 2 is 1.74 bits per heavy atom. The van der Waals surface area contributed by atoms with Crippen LogP contribution in [0.15, 0.2) is 0 Å². The molecular weight excluding hydrogens is 546 g/mol. The second-order valence-corrected chi connectivity index (χ2v) is 12.9. The SMILES string of the molecule is CC(C)C1(OC(=O)C2CC(OC(=O)CCC(=O)OC(C)C(F)(F)S(=O)(=O)O)C(=O)O2)CC2CC1C1CCCC21. The van der Waals surface area contributed by atoms with Crippen LogP contribution >= 0.6 is 0 Å². The zero-order valence-electron chi connectivity index (χ0n) is 22.0. The lowest BCUT2D eigenvalue weighted by molar-refractivity contribution is -0.189. The van der Waals surface area contributed by atoms with E-state index in [2.05, 4.69) is 4.74 Å². The van der Waals surface area contributed by atoms with Crippen LogP contribution in [0, 0.1) is 29.6 Å². The average molecular weight is 581 g/mol. The largest absolute Gasteiger partial charge is 0.456 e. The van der Waals surface area contributed by atoms with Gasteiger partial charge in [-0.25, -0.2) is 9.59 Å². The number of hydrogen-bond donors (Lipinski definition) is 1. The van der Waals surface area contributed by atoms with Gasteiger partial charge in [0.25, 0.3) is 0 Å². The Morgan fingerprint density at radius 1 is 1.10 bits per heavy atom. The van der Waals surface area contributed by atoms with Gasteiger partial charge >= 0.3 is 39.2 Å². The van der Waals surface area contributed by atoms with Gasteiger partial charge in [0.2, 0.25) is 12.2 Å². The number of fused-ring (bicyclic) bond motifs is 5. The van der Waals surface area contributed by atoms with Gasteiger partial charge in [-0.1, -0.05) is 20.3 Å². The number of rotatable bonds is 10. The number of hydrogen-bond acceptors (Lipinski definition) is 10. The van der Waals surface area contributed by atoms with E-state index in [1.54, 1.807) is 0 Å². The van der Waals surface area contributed by atoms with E-state index in [0.29, 0.717) is 24.7 Å². The fourth-order valence-electron chi connectivity index (χ4n) is 7.04. The molecule has 220 valence electrons. The molecule has 0 aromatic heterocycles. The van der Waals surface area contributed by atoms with Gasteiger partial charge in [-0.15, -0.1) is 0 Å². The third-order valence-corrected chi connectivity index (χ3v) is 9.95. The van der Waals surface area contributed by atoms with Gasteiger partial charge in [0.15, 0.2) is 6.10 Å². The molecule has 1 saturated heterocycles. The highest BCUT2D eigenvalue weighted by molar-refractivity contribution is 7.86. The molecule has 3 aliphatic carbocycles. The summed E-state index contributed by atoms with van der Waals surface area (Å²) in [5.74, 6) is -1.96. The van der Waals surface area contributed by atoms with Gasteiger partial charge in [0.1, 0.15) is 5.60 Å². The van der Waals surface area contributed by atoms with E-state index in [9.17, 15) is 36.4 Å². The Labute approximate surface area is 225 Å². The van der Waals surface area contributed by atoms with Crippen LogP contribution in [0.1, 0.15) is 72.1 Å². The topological polar surface area (TPSA) is 160 Å². The Morgan fingerprint density at radius 3 is 2.38 bits per heavy atom. The van der Waals surface area contributed by atoms with Crippen LogP contribution in [0.5, 0.6) is 0 Å². The summed E-state index contributed by atoms with van der Waals surface area (Å²) in [7, 11) is -5.83. The molecule has 2 bridgehead atoms. The lowest BCUT2D eigenvalue weighted by atomic mass is 9.68. The summed E-state index contributed by atoms with van der Waals surface area (Å²) in [6.45, 7) is 4.61. The first-order chi connectivity index (χ1) is 18.1. The summed E-state index contributed by atoms with van der Waals surface area (Å²) >= 11 is 0. The molecule has 0 aromatic carbocycles. The number of cyclic esters (lactones) is 1. The van der Waals surface area contributed by atoms with E-state index in [-0.39, 0.29) is 18.3 Å². The maximum absolute atomic E-state index is 13.5. The van der Waals surface area contributed by atoms with Crippen molar-refractivity contribution in [3.05, 3.63) is 0 Å². The van der Waals surface area contributed by atoms with E-state index < -0.39 is 76.0 Å². The third-order valence-electron chi connectivity index (χ3n) is 8.93. The monoisotopic (exact) mass is 580 g/mol. The van der Waals surface area contributed by atoms with E-state index in [0.717, 1.165) is 19.3 Å². The van der Waals surface area contributed by atoms with E-state index >= 15 is 0 Å². The highest BCUT2D eigenvalue weighted by Gasteiger charge is 2.64. The van der Waals surface area contributed by atoms with Crippen molar-refractivity contribution >= 4 is 34.0 Å². The zero-order valence-corrected chi connectivity index (χ0v) is 22.8. The molecule has 14 heteroatoms. The summed E-state index contributed by atoms with van der Waals surface area (Å²) < 4.78 is 77.6. The van der Waals surface area contributed by atoms with Gasteiger partial charge < -0.3 is 18.9 Å². The van der Waals surface area contributed by atoms with E-state index in [4.69, 9.17) is 18.8 Å². The minimum atomic E-state index is -5.83. The lowest BCUT2D eigenvalue weighted by Crippen LogP contribution is -2.50. The highest BCUT2D eigenvalue weighted by atomic mass is 32.2. The van der Waals surface area contributed by atoms with Gasteiger partial charge in [-0.05, 0) is 56.3 Å². The summed E-state index contributed by atoms with van der Waals surface area (Å²) in [6.07, 6.45) is -1.54. The second kappa shape index (κ2) is 10.6. The molecule has 4 aliphatic rings. The number of ether oxygens (including phenoxy) is 4. The molecule has 8 unspecified atom stereocenters. The van der Waals surface area contributed by atoms with Crippen molar-refractivity contribution in [1.82, 2.24) is 0 Å². The van der Waals surface area contributed by atoms with Crippen LogP contribution in [0.2, 0.25) is 0 Å². The molecule has 0 amide bonds. The smallest absolute Gasteiger partial charge is 0.405 e. The van der Waals surface area contributed by atoms with Gasteiger partial charge in [-0.2, -0.15) is 17.2 Å². The Kier molecular flexibility index (Phi) is 8.03. The van der Waals surface area contributed by atoms with Crippen molar-refractivity contribution in [3.8, 4) is 0 Å². The molecule has 1 aliphatic heterocycles. The Balaban J connectivity index is 1.27. The van der Waals surface area contributed by atoms with Crippen molar-refractivity contribution in [1.29, 1.82) is 0 Å². The molecule has 0 radical (unpaired) electrons. The standard InChI is InChI=1S/C25H34F2O11S/c1-12(2)24(11-14-9-17(24)16-6-4-5-15(14)16)38-23(31)19-10-18(22(30)37-19)36-21(29)8-7-20(28)35-13(3)25(26,27)39(32,33)34/h12-19H,4-11H2,1-3H3,(H,32,33,34). The first-order valence-corrected chi connectivity index (χ1v) is 14.7. The number of halogens is 2.